The maximum Gasteiger partial charge on any atom is 0.0561 e. The summed E-state index contributed by atoms with van der Waals surface area (Å²) in [5.41, 5.74) is 9.32. The highest BCUT2D eigenvalue weighted by Gasteiger charge is 2.21. The number of para-hydroxylation sites is 2. The normalized spacial score (nSPS) is 11.6. The lowest BCUT2D eigenvalue weighted by atomic mass is 9.93. The summed E-state index contributed by atoms with van der Waals surface area (Å²) in [5, 5.41) is 10.1. The zero-order valence-corrected chi connectivity index (χ0v) is 27.4. The number of fused-ring (bicyclic) bond motifs is 9. The summed E-state index contributed by atoms with van der Waals surface area (Å²) in [5.74, 6) is 0. The predicted octanol–water partition coefficient (Wildman–Crippen LogP) is 13.4. The number of rotatable bonds is 5. The Balaban J connectivity index is 1.24. The monoisotopic (exact) mass is 636 g/mol. The molecular weight excluding hydrogens is 605 g/mol. The number of anilines is 3. The lowest BCUT2D eigenvalue weighted by molar-refractivity contribution is 1.18. The molecule has 0 saturated carbocycles. The zero-order valence-electron chi connectivity index (χ0n) is 27.4. The van der Waals surface area contributed by atoms with Gasteiger partial charge >= 0.3 is 0 Å². The smallest absolute Gasteiger partial charge is 0.0561 e. The number of hydrogen-bond acceptors (Lipinski definition) is 1. The molecule has 2 nitrogen and oxygen atoms in total. The first kappa shape index (κ1) is 28.4. The van der Waals surface area contributed by atoms with Crippen molar-refractivity contribution in [3.63, 3.8) is 0 Å². The molecule has 1 heterocycles. The molecule has 10 aromatic rings. The number of hydrogen-bond donors (Lipinski definition) is 0. The molecule has 0 spiro atoms. The van der Waals surface area contributed by atoms with Gasteiger partial charge in [0.1, 0.15) is 0 Å². The van der Waals surface area contributed by atoms with E-state index in [0.717, 1.165) is 22.7 Å². The van der Waals surface area contributed by atoms with E-state index in [1.54, 1.807) is 0 Å². The Morgan fingerprint density at radius 2 is 0.840 bits per heavy atom. The van der Waals surface area contributed by atoms with Gasteiger partial charge in [-0.15, -0.1) is 0 Å². The lowest BCUT2D eigenvalue weighted by Gasteiger charge is -2.28. The largest absolute Gasteiger partial charge is 0.310 e. The van der Waals surface area contributed by atoms with E-state index in [-0.39, 0.29) is 0 Å². The second kappa shape index (κ2) is 11.5. The summed E-state index contributed by atoms with van der Waals surface area (Å²) >= 11 is 0. The van der Waals surface area contributed by atoms with Crippen LogP contribution in [0.15, 0.2) is 194 Å². The molecule has 0 N–H and O–H groups in total. The van der Waals surface area contributed by atoms with Crippen molar-refractivity contribution in [1.29, 1.82) is 0 Å². The first-order valence-electron chi connectivity index (χ1n) is 17.2. The highest BCUT2D eigenvalue weighted by molar-refractivity contribution is 6.28. The van der Waals surface area contributed by atoms with Gasteiger partial charge in [-0.2, -0.15) is 0 Å². The van der Waals surface area contributed by atoms with Crippen molar-refractivity contribution < 1.29 is 0 Å². The quantitative estimate of drug-likeness (QED) is 0.171. The third-order valence-electron chi connectivity index (χ3n) is 10.1. The minimum absolute atomic E-state index is 1.11. The molecule has 0 radical (unpaired) electrons. The Bertz CT molecular complexity index is 2800. The number of benzene rings is 9. The van der Waals surface area contributed by atoms with E-state index in [1.807, 2.05) is 0 Å². The Morgan fingerprint density at radius 3 is 1.54 bits per heavy atom. The first-order valence-corrected chi connectivity index (χ1v) is 17.2. The summed E-state index contributed by atoms with van der Waals surface area (Å²) in [7, 11) is 0. The van der Waals surface area contributed by atoms with Gasteiger partial charge in [-0.3, -0.25) is 0 Å². The van der Waals surface area contributed by atoms with Gasteiger partial charge in [0.2, 0.25) is 0 Å². The third kappa shape index (κ3) is 4.43. The van der Waals surface area contributed by atoms with Crippen LogP contribution in [0.2, 0.25) is 0 Å². The zero-order chi connectivity index (χ0) is 33.0. The van der Waals surface area contributed by atoms with Crippen LogP contribution >= 0.6 is 0 Å². The van der Waals surface area contributed by atoms with Gasteiger partial charge in [0.15, 0.2) is 0 Å². The summed E-state index contributed by atoms with van der Waals surface area (Å²) in [4.78, 5) is 2.43. The van der Waals surface area contributed by atoms with Crippen LogP contribution in [-0.4, -0.2) is 4.57 Å². The van der Waals surface area contributed by atoms with Gasteiger partial charge in [-0.05, 0) is 86.6 Å². The van der Waals surface area contributed by atoms with Crippen LogP contribution in [0.3, 0.4) is 0 Å². The molecule has 50 heavy (non-hydrogen) atoms. The second-order valence-electron chi connectivity index (χ2n) is 12.9. The van der Waals surface area contributed by atoms with E-state index in [1.165, 1.54) is 65.3 Å². The lowest BCUT2D eigenvalue weighted by Crippen LogP contribution is -2.10. The van der Waals surface area contributed by atoms with Gasteiger partial charge in [-0.25, -0.2) is 0 Å². The standard InChI is InChI=1S/C48H32N2/c1-3-14-33(15-4-1)34-26-28-36(29-27-34)50-45-24-12-11-21-41(45)42-31-30-37(32-47(42)50)49(35-16-5-2-6-17-35)46-25-13-23-44-40-19-8-7-18-38(40)39-20-9-10-22-43(39)48(44)46/h1-32H. The fourth-order valence-corrected chi connectivity index (χ4v) is 7.94. The maximum absolute atomic E-state index is 2.43. The molecule has 0 aliphatic rings. The molecule has 2 heteroatoms. The van der Waals surface area contributed by atoms with Gasteiger partial charge in [-0.1, -0.05) is 146 Å². The van der Waals surface area contributed by atoms with Gasteiger partial charge in [0.25, 0.3) is 0 Å². The van der Waals surface area contributed by atoms with Crippen molar-refractivity contribution in [1.82, 2.24) is 4.57 Å². The first-order chi connectivity index (χ1) is 24.8. The van der Waals surface area contributed by atoms with Gasteiger partial charge in [0.05, 0.1) is 16.7 Å². The highest BCUT2D eigenvalue weighted by Crippen LogP contribution is 2.45. The molecule has 0 fully saturated rings. The molecule has 1 aromatic heterocycles. The van der Waals surface area contributed by atoms with Crippen LogP contribution in [-0.2, 0) is 0 Å². The van der Waals surface area contributed by atoms with Crippen LogP contribution in [0.4, 0.5) is 17.1 Å². The SMILES string of the molecule is c1ccc(-c2ccc(-n3c4ccccc4c4ccc(N(c5ccccc5)c5cccc6c7ccccc7c7ccccc7c56)cc43)cc2)cc1. The van der Waals surface area contributed by atoms with E-state index in [4.69, 9.17) is 0 Å². The average molecular weight is 637 g/mol. The van der Waals surface area contributed by atoms with E-state index in [9.17, 15) is 0 Å². The Morgan fingerprint density at radius 1 is 0.320 bits per heavy atom. The van der Waals surface area contributed by atoms with Gasteiger partial charge in [0, 0.05) is 33.2 Å². The minimum atomic E-state index is 1.11. The minimum Gasteiger partial charge on any atom is -0.310 e. The number of aromatic nitrogens is 1. The Labute approximate surface area is 290 Å². The Kier molecular flexibility index (Phi) is 6.53. The molecule has 10 rings (SSSR count). The molecule has 234 valence electrons. The van der Waals surface area contributed by atoms with E-state index >= 15 is 0 Å². The van der Waals surface area contributed by atoms with E-state index in [2.05, 4.69) is 204 Å². The molecule has 9 aromatic carbocycles. The van der Waals surface area contributed by atoms with Crippen molar-refractivity contribution in [2.75, 3.05) is 4.90 Å². The van der Waals surface area contributed by atoms with Crippen molar-refractivity contribution in [3.05, 3.63) is 194 Å². The number of nitrogens with zero attached hydrogens (tertiary/aromatic N) is 2. The predicted molar refractivity (Wildman–Crippen MR) is 213 cm³/mol. The van der Waals surface area contributed by atoms with Crippen LogP contribution in [0, 0.1) is 0 Å². The van der Waals surface area contributed by atoms with Gasteiger partial charge < -0.3 is 9.47 Å². The fraction of sp³-hybridized carbons (Fsp3) is 0. The summed E-state index contributed by atoms with van der Waals surface area (Å²) in [6.07, 6.45) is 0. The highest BCUT2D eigenvalue weighted by atomic mass is 15.1. The maximum atomic E-state index is 2.43. The average Bonchev–Trinajstić information content (AvgIpc) is 3.52. The van der Waals surface area contributed by atoms with Crippen molar-refractivity contribution >= 4 is 71.2 Å². The van der Waals surface area contributed by atoms with E-state index < -0.39 is 0 Å². The van der Waals surface area contributed by atoms with Crippen molar-refractivity contribution in [2.45, 2.75) is 0 Å². The summed E-state index contributed by atoms with van der Waals surface area (Å²) in [6.45, 7) is 0. The molecule has 0 aliphatic heterocycles. The van der Waals surface area contributed by atoms with Crippen LogP contribution in [0.25, 0.3) is 70.9 Å². The van der Waals surface area contributed by atoms with Crippen molar-refractivity contribution in [3.8, 4) is 16.8 Å². The van der Waals surface area contributed by atoms with E-state index in [0.29, 0.717) is 0 Å². The molecule has 0 unspecified atom stereocenters. The molecular formula is C48H32N2. The van der Waals surface area contributed by atoms with Crippen LogP contribution in [0.5, 0.6) is 0 Å². The third-order valence-corrected chi connectivity index (χ3v) is 10.1. The summed E-state index contributed by atoms with van der Waals surface area (Å²) < 4.78 is 2.41. The second-order valence-corrected chi connectivity index (χ2v) is 12.9. The van der Waals surface area contributed by atoms with Crippen molar-refractivity contribution in [2.24, 2.45) is 0 Å². The summed E-state index contributed by atoms with van der Waals surface area (Å²) in [6, 6.07) is 70.4. The topological polar surface area (TPSA) is 8.17 Å². The van der Waals surface area contributed by atoms with Crippen LogP contribution < -0.4 is 4.90 Å². The molecule has 0 aliphatic carbocycles. The molecule has 0 atom stereocenters. The Hall–Kier alpha value is -6.64. The molecule has 0 saturated heterocycles. The molecule has 0 bridgehead atoms. The molecule has 0 amide bonds. The van der Waals surface area contributed by atoms with Crippen LogP contribution in [0.1, 0.15) is 0 Å². The fourth-order valence-electron chi connectivity index (χ4n) is 7.94.